The van der Waals surface area contributed by atoms with Gasteiger partial charge in [-0.15, -0.1) is 0 Å². The lowest BCUT2D eigenvalue weighted by Crippen LogP contribution is -2.67. The summed E-state index contributed by atoms with van der Waals surface area (Å²) in [5.74, 6) is 1.48. The molecule has 2 unspecified atom stereocenters. The van der Waals surface area contributed by atoms with Crippen molar-refractivity contribution in [1.29, 1.82) is 0 Å². The number of aliphatic hydroxyl groups is 1. The van der Waals surface area contributed by atoms with Crippen molar-refractivity contribution in [2.75, 3.05) is 13.1 Å². The number of hydrogen-bond acceptors (Lipinski definition) is 3. The van der Waals surface area contributed by atoms with Gasteiger partial charge in [-0.2, -0.15) is 0 Å². The molecule has 0 aromatic rings. The van der Waals surface area contributed by atoms with Gasteiger partial charge >= 0.3 is 0 Å². The standard InChI is InChI=1S/C16H25NO2/c1-11-8-12-10-14(19)16-5-3-7-17(16)6-2-4-15(12,16)13(18)9-11/h11-13,18H,2-10H2,1H3/t11-,12+,13?,15-,16?/m1/s1. The lowest BCUT2D eigenvalue weighted by atomic mass is 9.53. The maximum Gasteiger partial charge on any atom is 0.154 e. The lowest BCUT2D eigenvalue weighted by molar-refractivity contribution is -0.162. The molecule has 0 amide bonds. The van der Waals surface area contributed by atoms with E-state index < -0.39 is 0 Å². The molecule has 2 saturated heterocycles. The second-order valence-corrected chi connectivity index (χ2v) is 7.51. The highest BCUT2D eigenvalue weighted by Gasteiger charge is 2.72. The zero-order valence-electron chi connectivity index (χ0n) is 11.9. The maximum atomic E-state index is 12.9. The molecule has 0 radical (unpaired) electrons. The van der Waals surface area contributed by atoms with Crippen LogP contribution < -0.4 is 0 Å². The van der Waals surface area contributed by atoms with Gasteiger partial charge in [-0.1, -0.05) is 6.92 Å². The molecule has 2 aliphatic carbocycles. The number of aliphatic hydroxyl groups excluding tert-OH is 1. The van der Waals surface area contributed by atoms with Crippen molar-refractivity contribution in [1.82, 2.24) is 4.90 Å². The number of Topliss-reactive ketones (excluding diaryl/α,β-unsaturated/α-hetero) is 1. The van der Waals surface area contributed by atoms with Crippen molar-refractivity contribution in [3.05, 3.63) is 0 Å². The minimum Gasteiger partial charge on any atom is -0.392 e. The summed E-state index contributed by atoms with van der Waals surface area (Å²) in [7, 11) is 0. The zero-order valence-corrected chi connectivity index (χ0v) is 11.9. The fourth-order valence-corrected chi connectivity index (χ4v) is 6.35. The summed E-state index contributed by atoms with van der Waals surface area (Å²) < 4.78 is 0. The first-order chi connectivity index (χ1) is 9.11. The van der Waals surface area contributed by atoms with Crippen LogP contribution in [0.15, 0.2) is 0 Å². The Labute approximate surface area is 115 Å². The molecule has 3 nitrogen and oxygen atoms in total. The molecule has 2 aliphatic heterocycles. The summed E-state index contributed by atoms with van der Waals surface area (Å²) in [5, 5.41) is 10.9. The van der Waals surface area contributed by atoms with Crippen molar-refractivity contribution in [3.63, 3.8) is 0 Å². The summed E-state index contributed by atoms with van der Waals surface area (Å²) in [6.45, 7) is 4.38. The van der Waals surface area contributed by atoms with Crippen LogP contribution in [0.3, 0.4) is 0 Å². The monoisotopic (exact) mass is 263 g/mol. The molecule has 4 aliphatic rings. The number of carbonyl (C=O) groups is 1. The molecule has 2 heterocycles. The molecule has 0 aromatic carbocycles. The molecule has 19 heavy (non-hydrogen) atoms. The molecule has 2 saturated carbocycles. The number of ketones is 1. The third-order valence-corrected chi connectivity index (χ3v) is 6.82. The fourth-order valence-electron chi connectivity index (χ4n) is 6.35. The highest BCUT2D eigenvalue weighted by atomic mass is 16.3. The van der Waals surface area contributed by atoms with Crippen LogP contribution in [0.5, 0.6) is 0 Å². The SMILES string of the molecule is C[C@H]1CC(O)[C@]23CCCN4CCCC42C(=O)C[C@@H]3C1. The lowest BCUT2D eigenvalue weighted by Gasteiger charge is -2.58. The zero-order chi connectivity index (χ0) is 13.3. The number of hydrogen-bond donors (Lipinski definition) is 1. The van der Waals surface area contributed by atoms with E-state index in [1.807, 2.05) is 0 Å². The largest absolute Gasteiger partial charge is 0.392 e. The van der Waals surface area contributed by atoms with Gasteiger partial charge < -0.3 is 5.11 Å². The molecule has 4 rings (SSSR count). The molecule has 0 bridgehead atoms. The fraction of sp³-hybridized carbons (Fsp3) is 0.938. The van der Waals surface area contributed by atoms with E-state index in [1.54, 1.807) is 0 Å². The van der Waals surface area contributed by atoms with Gasteiger partial charge in [0.25, 0.3) is 0 Å². The second-order valence-electron chi connectivity index (χ2n) is 7.51. The number of piperidine rings is 1. The van der Waals surface area contributed by atoms with Crippen molar-refractivity contribution >= 4 is 5.78 Å². The quantitative estimate of drug-likeness (QED) is 0.726. The van der Waals surface area contributed by atoms with Gasteiger partial charge in [0.15, 0.2) is 5.78 Å². The van der Waals surface area contributed by atoms with Crippen LogP contribution in [0.4, 0.5) is 0 Å². The molecule has 2 spiro atoms. The van der Waals surface area contributed by atoms with Gasteiger partial charge in [-0.3, -0.25) is 9.69 Å². The molecule has 4 fully saturated rings. The number of rotatable bonds is 0. The van der Waals surface area contributed by atoms with E-state index in [-0.39, 0.29) is 17.1 Å². The Morgan fingerprint density at radius 1 is 1.21 bits per heavy atom. The molecule has 0 aromatic heterocycles. The van der Waals surface area contributed by atoms with E-state index in [0.717, 1.165) is 58.0 Å². The van der Waals surface area contributed by atoms with Crippen LogP contribution in [-0.4, -0.2) is 40.5 Å². The number of nitrogens with zero attached hydrogens (tertiary/aromatic N) is 1. The Kier molecular flexibility index (Phi) is 2.48. The van der Waals surface area contributed by atoms with Crippen molar-refractivity contribution < 1.29 is 9.90 Å². The van der Waals surface area contributed by atoms with E-state index in [2.05, 4.69) is 11.8 Å². The van der Waals surface area contributed by atoms with Crippen LogP contribution in [0.25, 0.3) is 0 Å². The van der Waals surface area contributed by atoms with Gasteiger partial charge in [-0.05, 0) is 63.5 Å². The first kappa shape index (κ1) is 12.3. The van der Waals surface area contributed by atoms with Crippen LogP contribution >= 0.6 is 0 Å². The third kappa shape index (κ3) is 1.25. The van der Waals surface area contributed by atoms with E-state index in [1.165, 1.54) is 0 Å². The van der Waals surface area contributed by atoms with E-state index in [4.69, 9.17) is 0 Å². The Bertz CT molecular complexity index is 423. The summed E-state index contributed by atoms with van der Waals surface area (Å²) in [4.78, 5) is 15.3. The predicted molar refractivity (Wildman–Crippen MR) is 72.7 cm³/mol. The Hall–Kier alpha value is -0.410. The van der Waals surface area contributed by atoms with Gasteiger partial charge in [0, 0.05) is 11.8 Å². The molecule has 3 heteroatoms. The highest BCUT2D eigenvalue weighted by Crippen LogP contribution is 2.65. The Balaban J connectivity index is 1.86. The van der Waals surface area contributed by atoms with Gasteiger partial charge in [0.1, 0.15) is 0 Å². The van der Waals surface area contributed by atoms with Crippen LogP contribution in [0.2, 0.25) is 0 Å². The minimum absolute atomic E-state index is 0.0919. The van der Waals surface area contributed by atoms with Gasteiger partial charge in [-0.25, -0.2) is 0 Å². The summed E-state index contributed by atoms with van der Waals surface area (Å²) in [5.41, 5.74) is -0.360. The topological polar surface area (TPSA) is 40.5 Å². The van der Waals surface area contributed by atoms with Crippen molar-refractivity contribution in [3.8, 4) is 0 Å². The second kappa shape index (κ2) is 3.82. The van der Waals surface area contributed by atoms with E-state index >= 15 is 0 Å². The minimum atomic E-state index is -0.268. The summed E-state index contributed by atoms with van der Waals surface area (Å²) in [6, 6.07) is 0. The Morgan fingerprint density at radius 2 is 1.95 bits per heavy atom. The average molecular weight is 263 g/mol. The summed E-state index contributed by atoms with van der Waals surface area (Å²) in [6.07, 6.45) is 6.92. The van der Waals surface area contributed by atoms with Gasteiger partial charge in [0.05, 0.1) is 11.6 Å². The molecule has 1 N–H and O–H groups in total. The first-order valence-corrected chi connectivity index (χ1v) is 8.07. The molecular weight excluding hydrogens is 238 g/mol. The number of carbonyl (C=O) groups excluding carboxylic acids is 1. The Morgan fingerprint density at radius 3 is 2.74 bits per heavy atom. The van der Waals surface area contributed by atoms with Crippen molar-refractivity contribution in [2.24, 2.45) is 17.3 Å². The molecular formula is C16H25NO2. The highest BCUT2D eigenvalue weighted by molar-refractivity contribution is 5.93. The normalized spacial score (nSPS) is 53.8. The maximum absolute atomic E-state index is 12.9. The predicted octanol–water partition coefficient (Wildman–Crippen LogP) is 1.98. The van der Waals surface area contributed by atoms with E-state index in [9.17, 15) is 9.90 Å². The van der Waals surface area contributed by atoms with Crippen molar-refractivity contribution in [2.45, 2.75) is 63.5 Å². The van der Waals surface area contributed by atoms with Gasteiger partial charge in [0.2, 0.25) is 0 Å². The average Bonchev–Trinajstić information content (AvgIpc) is 2.89. The van der Waals surface area contributed by atoms with Crippen LogP contribution in [0, 0.1) is 17.3 Å². The van der Waals surface area contributed by atoms with Crippen LogP contribution in [-0.2, 0) is 4.79 Å². The third-order valence-electron chi connectivity index (χ3n) is 6.82. The van der Waals surface area contributed by atoms with E-state index in [0.29, 0.717) is 17.6 Å². The first-order valence-electron chi connectivity index (χ1n) is 8.07. The summed E-state index contributed by atoms with van der Waals surface area (Å²) >= 11 is 0. The smallest absolute Gasteiger partial charge is 0.154 e. The molecule has 106 valence electrons. The van der Waals surface area contributed by atoms with Crippen LogP contribution in [0.1, 0.15) is 51.9 Å². The molecule has 5 atom stereocenters.